The van der Waals surface area contributed by atoms with Crippen LogP contribution in [0.1, 0.15) is 21.5 Å². The Hall–Kier alpha value is -2.24. The molecule has 0 fully saturated rings. The third kappa shape index (κ3) is 4.24. The number of carbonyl (C=O) groups is 1. The monoisotopic (exact) mass is 371 g/mol. The second kappa shape index (κ2) is 7.76. The number of carbonyl (C=O) groups excluding carboxylic acids is 1. The second-order valence-electron chi connectivity index (χ2n) is 5.66. The van der Waals surface area contributed by atoms with Crippen LogP contribution in [0.3, 0.4) is 0 Å². The lowest BCUT2D eigenvalue weighted by Gasteiger charge is -2.11. The van der Waals surface area contributed by atoms with Crippen LogP contribution in [0.4, 0.5) is 5.82 Å². The van der Waals surface area contributed by atoms with Crippen LogP contribution in [0.2, 0.25) is 5.02 Å². The topological polar surface area (TPSA) is 46.9 Å². The van der Waals surface area contributed by atoms with Gasteiger partial charge in [0.25, 0.3) is 5.91 Å². The molecule has 0 spiro atoms. The molecule has 0 bridgehead atoms. The standard InChI is InChI=1S/C19H18ClN3OS/c1-13-4-3-5-14(10-13)12-23-18(8-9-21-23)22-19(24)16-11-15(25-2)6-7-17(16)20/h3-11H,12H2,1-2H3,(H,22,24). The fourth-order valence-corrected chi connectivity index (χ4v) is 3.18. The number of rotatable bonds is 5. The van der Waals surface area contributed by atoms with E-state index < -0.39 is 0 Å². The first-order valence-corrected chi connectivity index (χ1v) is 9.39. The minimum absolute atomic E-state index is 0.244. The van der Waals surface area contributed by atoms with Gasteiger partial charge in [-0.15, -0.1) is 11.8 Å². The van der Waals surface area contributed by atoms with Gasteiger partial charge in [0.1, 0.15) is 5.82 Å². The van der Waals surface area contributed by atoms with Gasteiger partial charge in [0.05, 0.1) is 23.3 Å². The average Bonchev–Trinajstić information content (AvgIpc) is 3.02. The zero-order valence-corrected chi connectivity index (χ0v) is 15.6. The fraction of sp³-hybridized carbons (Fsp3) is 0.158. The molecule has 0 saturated heterocycles. The molecule has 0 atom stereocenters. The number of benzene rings is 2. The highest BCUT2D eigenvalue weighted by molar-refractivity contribution is 7.98. The number of thioether (sulfide) groups is 1. The summed E-state index contributed by atoms with van der Waals surface area (Å²) >= 11 is 7.75. The molecule has 25 heavy (non-hydrogen) atoms. The molecule has 2 aromatic carbocycles. The van der Waals surface area contributed by atoms with E-state index in [2.05, 4.69) is 29.5 Å². The molecule has 6 heteroatoms. The normalized spacial score (nSPS) is 10.7. The summed E-state index contributed by atoms with van der Waals surface area (Å²) < 4.78 is 1.76. The lowest BCUT2D eigenvalue weighted by molar-refractivity contribution is 0.102. The van der Waals surface area contributed by atoms with Crippen LogP contribution < -0.4 is 5.32 Å². The lowest BCUT2D eigenvalue weighted by Crippen LogP contribution is -2.16. The quantitative estimate of drug-likeness (QED) is 0.651. The lowest BCUT2D eigenvalue weighted by atomic mass is 10.1. The van der Waals surface area contributed by atoms with Crippen molar-refractivity contribution in [3.05, 3.63) is 76.4 Å². The van der Waals surface area contributed by atoms with Crippen molar-refractivity contribution in [2.75, 3.05) is 11.6 Å². The summed E-state index contributed by atoms with van der Waals surface area (Å²) in [7, 11) is 0. The molecule has 1 amide bonds. The van der Waals surface area contributed by atoms with E-state index in [-0.39, 0.29) is 5.91 Å². The van der Waals surface area contributed by atoms with Crippen LogP contribution in [0, 0.1) is 6.92 Å². The molecule has 0 aliphatic rings. The molecule has 0 radical (unpaired) electrons. The number of halogens is 1. The highest BCUT2D eigenvalue weighted by atomic mass is 35.5. The zero-order valence-electron chi connectivity index (χ0n) is 14.0. The summed E-state index contributed by atoms with van der Waals surface area (Å²) in [5, 5.41) is 7.64. The Labute approximate surface area is 156 Å². The predicted octanol–water partition coefficient (Wildman–Crippen LogP) is 4.87. The van der Waals surface area contributed by atoms with E-state index in [0.717, 1.165) is 10.5 Å². The SMILES string of the molecule is CSc1ccc(Cl)c(C(=O)Nc2ccnn2Cc2cccc(C)c2)c1. The van der Waals surface area contributed by atoms with Gasteiger partial charge in [-0.2, -0.15) is 5.10 Å². The van der Waals surface area contributed by atoms with Gasteiger partial charge in [-0.25, -0.2) is 4.68 Å². The molecule has 0 aliphatic heterocycles. The molecule has 128 valence electrons. The summed E-state index contributed by atoms with van der Waals surface area (Å²) in [6.45, 7) is 2.64. The summed E-state index contributed by atoms with van der Waals surface area (Å²) in [6.07, 6.45) is 3.63. The first kappa shape index (κ1) is 17.6. The summed E-state index contributed by atoms with van der Waals surface area (Å²) in [5.41, 5.74) is 2.77. The van der Waals surface area contributed by atoms with Gasteiger partial charge in [-0.3, -0.25) is 4.79 Å². The maximum Gasteiger partial charge on any atom is 0.258 e. The first-order chi connectivity index (χ1) is 12.1. The van der Waals surface area contributed by atoms with Crippen molar-refractivity contribution in [3.63, 3.8) is 0 Å². The Kier molecular flexibility index (Phi) is 5.46. The van der Waals surface area contributed by atoms with Crippen molar-refractivity contribution >= 4 is 35.1 Å². The Bertz CT molecular complexity index is 907. The van der Waals surface area contributed by atoms with E-state index in [9.17, 15) is 4.79 Å². The molecule has 1 N–H and O–H groups in total. The summed E-state index contributed by atoms with van der Waals surface area (Å²) in [6, 6.07) is 15.4. The third-order valence-electron chi connectivity index (χ3n) is 3.79. The Morgan fingerprint density at radius 1 is 1.24 bits per heavy atom. The average molecular weight is 372 g/mol. The van der Waals surface area contributed by atoms with Crippen molar-refractivity contribution in [2.24, 2.45) is 0 Å². The number of aryl methyl sites for hydroxylation is 1. The number of anilines is 1. The molecule has 4 nitrogen and oxygen atoms in total. The predicted molar refractivity (Wildman–Crippen MR) is 104 cm³/mol. The molecule has 1 aromatic heterocycles. The van der Waals surface area contributed by atoms with E-state index in [1.807, 2.05) is 24.5 Å². The summed E-state index contributed by atoms with van der Waals surface area (Å²) in [5.74, 6) is 0.393. The summed E-state index contributed by atoms with van der Waals surface area (Å²) in [4.78, 5) is 13.6. The third-order valence-corrected chi connectivity index (χ3v) is 4.85. The van der Waals surface area contributed by atoms with E-state index >= 15 is 0 Å². The Morgan fingerprint density at radius 3 is 2.84 bits per heavy atom. The first-order valence-electron chi connectivity index (χ1n) is 7.79. The van der Waals surface area contributed by atoms with Gasteiger partial charge in [0, 0.05) is 11.0 Å². The van der Waals surface area contributed by atoms with Crippen molar-refractivity contribution in [2.45, 2.75) is 18.4 Å². The number of hydrogen-bond acceptors (Lipinski definition) is 3. The molecule has 1 heterocycles. The van der Waals surface area contributed by atoms with Gasteiger partial charge >= 0.3 is 0 Å². The van der Waals surface area contributed by atoms with Crippen molar-refractivity contribution < 1.29 is 4.79 Å². The van der Waals surface area contributed by atoms with Crippen molar-refractivity contribution in [1.29, 1.82) is 0 Å². The van der Waals surface area contributed by atoms with Gasteiger partial charge in [-0.1, -0.05) is 41.4 Å². The molecule has 3 aromatic rings. The number of amides is 1. The zero-order chi connectivity index (χ0) is 17.8. The smallest absolute Gasteiger partial charge is 0.258 e. The van der Waals surface area contributed by atoms with Gasteiger partial charge < -0.3 is 5.32 Å². The van der Waals surface area contributed by atoms with E-state index in [0.29, 0.717) is 22.9 Å². The van der Waals surface area contributed by atoms with Crippen molar-refractivity contribution in [1.82, 2.24) is 9.78 Å². The molecule has 0 saturated carbocycles. The minimum atomic E-state index is -0.244. The number of nitrogens with one attached hydrogen (secondary N) is 1. The van der Waals surface area contributed by atoms with Gasteiger partial charge in [0.2, 0.25) is 0 Å². The maximum atomic E-state index is 12.6. The van der Waals surface area contributed by atoms with E-state index in [1.54, 1.807) is 40.8 Å². The number of hydrogen-bond donors (Lipinski definition) is 1. The second-order valence-corrected chi connectivity index (χ2v) is 6.95. The maximum absolute atomic E-state index is 12.6. The Morgan fingerprint density at radius 2 is 2.08 bits per heavy atom. The van der Waals surface area contributed by atoms with E-state index in [4.69, 9.17) is 11.6 Å². The minimum Gasteiger partial charge on any atom is -0.307 e. The number of aromatic nitrogens is 2. The molecule has 0 aliphatic carbocycles. The van der Waals surface area contributed by atoms with E-state index in [1.165, 1.54) is 5.56 Å². The van der Waals surface area contributed by atoms with Crippen LogP contribution in [-0.2, 0) is 6.54 Å². The highest BCUT2D eigenvalue weighted by Gasteiger charge is 2.14. The Balaban J connectivity index is 1.80. The molecule has 0 unspecified atom stereocenters. The largest absolute Gasteiger partial charge is 0.307 e. The van der Waals surface area contributed by atoms with Crippen LogP contribution >= 0.6 is 23.4 Å². The molecule has 3 rings (SSSR count). The van der Waals surface area contributed by atoms with Crippen LogP contribution in [-0.4, -0.2) is 21.9 Å². The highest BCUT2D eigenvalue weighted by Crippen LogP contribution is 2.24. The van der Waals surface area contributed by atoms with Crippen LogP contribution in [0.5, 0.6) is 0 Å². The van der Waals surface area contributed by atoms with Crippen molar-refractivity contribution in [3.8, 4) is 0 Å². The number of nitrogens with zero attached hydrogens (tertiary/aromatic N) is 2. The van der Waals surface area contributed by atoms with Crippen LogP contribution in [0.15, 0.2) is 59.6 Å². The fourth-order valence-electron chi connectivity index (χ4n) is 2.54. The molecular formula is C19H18ClN3OS. The van der Waals surface area contributed by atoms with Gasteiger partial charge in [0.15, 0.2) is 0 Å². The van der Waals surface area contributed by atoms with Crippen LogP contribution in [0.25, 0.3) is 0 Å². The molecular weight excluding hydrogens is 354 g/mol. The van der Waals surface area contributed by atoms with Gasteiger partial charge in [-0.05, 0) is 36.9 Å².